The number of carbonyl (C=O) groups is 2. The molecule has 0 spiro atoms. The molecule has 3 rings (SSSR count). The molecule has 120 valence electrons. The normalized spacial score (nSPS) is 21.2. The Kier molecular flexibility index (Phi) is 4.14. The van der Waals surface area contributed by atoms with Gasteiger partial charge in [-0.25, -0.2) is 0 Å². The van der Waals surface area contributed by atoms with Crippen LogP contribution in [0, 0.1) is 5.92 Å². The first-order valence-electron chi connectivity index (χ1n) is 7.68. The van der Waals surface area contributed by atoms with Crippen LogP contribution in [0.4, 0.5) is 0 Å². The summed E-state index contributed by atoms with van der Waals surface area (Å²) in [5.41, 5.74) is 6.88. The van der Waals surface area contributed by atoms with E-state index in [2.05, 4.69) is 5.16 Å². The highest BCUT2D eigenvalue weighted by molar-refractivity contribution is 5.93. The molecular weight excluding hydrogens is 294 g/mol. The third kappa shape index (κ3) is 3.11. The van der Waals surface area contributed by atoms with Crippen molar-refractivity contribution < 1.29 is 14.1 Å². The highest BCUT2D eigenvalue weighted by atomic mass is 16.5. The maximum atomic E-state index is 12.7. The fourth-order valence-corrected chi connectivity index (χ4v) is 2.88. The van der Waals surface area contributed by atoms with Crippen LogP contribution in [-0.4, -0.2) is 34.5 Å². The summed E-state index contributed by atoms with van der Waals surface area (Å²) in [6, 6.07) is 11.2. The van der Waals surface area contributed by atoms with Crippen LogP contribution in [0.1, 0.15) is 30.3 Å². The van der Waals surface area contributed by atoms with Crippen molar-refractivity contribution in [3.05, 3.63) is 42.2 Å². The number of amides is 2. The van der Waals surface area contributed by atoms with Gasteiger partial charge in [0.1, 0.15) is 5.69 Å². The van der Waals surface area contributed by atoms with Crippen LogP contribution >= 0.6 is 0 Å². The second-order valence-corrected chi connectivity index (χ2v) is 5.93. The lowest BCUT2D eigenvalue weighted by Crippen LogP contribution is -2.48. The van der Waals surface area contributed by atoms with Crippen LogP contribution in [0.15, 0.2) is 40.9 Å². The van der Waals surface area contributed by atoms with Crippen molar-refractivity contribution in [2.24, 2.45) is 11.7 Å². The van der Waals surface area contributed by atoms with Crippen LogP contribution in [0.3, 0.4) is 0 Å². The lowest BCUT2D eigenvalue weighted by molar-refractivity contribution is -0.123. The third-order valence-corrected chi connectivity index (χ3v) is 4.34. The largest absolute Gasteiger partial charge is 0.369 e. The van der Waals surface area contributed by atoms with Gasteiger partial charge in [-0.1, -0.05) is 35.5 Å². The zero-order valence-electron chi connectivity index (χ0n) is 12.9. The van der Waals surface area contributed by atoms with E-state index in [9.17, 15) is 9.59 Å². The number of piperidine rings is 1. The van der Waals surface area contributed by atoms with Gasteiger partial charge in [0.15, 0.2) is 0 Å². The van der Waals surface area contributed by atoms with E-state index in [1.807, 2.05) is 37.3 Å². The molecule has 1 aliphatic heterocycles. The molecule has 0 radical (unpaired) electrons. The van der Waals surface area contributed by atoms with Gasteiger partial charge in [-0.3, -0.25) is 9.59 Å². The second-order valence-electron chi connectivity index (χ2n) is 5.93. The monoisotopic (exact) mass is 313 g/mol. The Labute approximate surface area is 134 Å². The standard InChI is InChI=1S/C17H19N3O3/c1-11-7-8-13(16(18)21)10-20(11)17(22)15-9-14(19-23-15)12-5-3-2-4-6-12/h2-6,9,11,13H,7-8,10H2,1H3,(H2,18,21)/t11-,13+/m1/s1. The number of aromatic nitrogens is 1. The fraction of sp³-hybridized carbons (Fsp3) is 0.353. The highest BCUT2D eigenvalue weighted by Crippen LogP contribution is 2.25. The van der Waals surface area contributed by atoms with Gasteiger partial charge in [-0.2, -0.15) is 0 Å². The minimum absolute atomic E-state index is 0.0448. The van der Waals surface area contributed by atoms with Gasteiger partial charge in [0.25, 0.3) is 5.91 Å². The topological polar surface area (TPSA) is 89.4 Å². The second kappa shape index (κ2) is 6.24. The number of primary amides is 1. The molecule has 1 aliphatic rings. The van der Waals surface area contributed by atoms with E-state index in [1.54, 1.807) is 11.0 Å². The molecule has 2 aromatic rings. The minimum Gasteiger partial charge on any atom is -0.369 e. The summed E-state index contributed by atoms with van der Waals surface area (Å²) < 4.78 is 5.22. The maximum Gasteiger partial charge on any atom is 0.292 e. The van der Waals surface area contributed by atoms with Gasteiger partial charge < -0.3 is 15.2 Å². The molecular formula is C17H19N3O3. The summed E-state index contributed by atoms with van der Waals surface area (Å²) in [5.74, 6) is -0.733. The fourth-order valence-electron chi connectivity index (χ4n) is 2.88. The van der Waals surface area contributed by atoms with E-state index in [4.69, 9.17) is 10.3 Å². The first kappa shape index (κ1) is 15.3. The Balaban J connectivity index is 1.80. The van der Waals surface area contributed by atoms with Crippen LogP contribution in [0.2, 0.25) is 0 Å². The van der Waals surface area contributed by atoms with Crippen molar-refractivity contribution in [3.8, 4) is 11.3 Å². The molecule has 2 atom stereocenters. The lowest BCUT2D eigenvalue weighted by Gasteiger charge is -2.36. The zero-order chi connectivity index (χ0) is 16.4. The van der Waals surface area contributed by atoms with Gasteiger partial charge >= 0.3 is 0 Å². The molecule has 2 amide bonds. The number of nitrogens with zero attached hydrogens (tertiary/aromatic N) is 2. The number of carbonyl (C=O) groups excluding carboxylic acids is 2. The maximum absolute atomic E-state index is 12.7. The van der Waals surface area contributed by atoms with Crippen LogP contribution in [-0.2, 0) is 4.79 Å². The highest BCUT2D eigenvalue weighted by Gasteiger charge is 2.33. The van der Waals surface area contributed by atoms with Gasteiger partial charge in [-0.15, -0.1) is 0 Å². The van der Waals surface area contributed by atoms with Crippen LogP contribution < -0.4 is 5.73 Å². The minimum atomic E-state index is -0.364. The number of rotatable bonds is 3. The summed E-state index contributed by atoms with van der Waals surface area (Å²) in [6.45, 7) is 2.29. The van der Waals surface area contributed by atoms with Gasteiger partial charge in [0.2, 0.25) is 11.7 Å². The summed E-state index contributed by atoms with van der Waals surface area (Å²) in [4.78, 5) is 25.7. The zero-order valence-corrected chi connectivity index (χ0v) is 12.9. The summed E-state index contributed by atoms with van der Waals surface area (Å²) >= 11 is 0. The number of hydrogen-bond donors (Lipinski definition) is 1. The first-order valence-corrected chi connectivity index (χ1v) is 7.68. The lowest BCUT2D eigenvalue weighted by atomic mass is 9.92. The van der Waals surface area contributed by atoms with E-state index in [0.717, 1.165) is 12.0 Å². The van der Waals surface area contributed by atoms with Crippen molar-refractivity contribution in [1.82, 2.24) is 10.1 Å². The van der Waals surface area contributed by atoms with Crippen molar-refractivity contribution in [3.63, 3.8) is 0 Å². The van der Waals surface area contributed by atoms with Crippen molar-refractivity contribution >= 4 is 11.8 Å². The molecule has 0 unspecified atom stereocenters. The number of nitrogens with two attached hydrogens (primary N) is 1. The molecule has 1 aromatic carbocycles. The van der Waals surface area contributed by atoms with Gasteiger partial charge in [0.05, 0.1) is 5.92 Å². The third-order valence-electron chi connectivity index (χ3n) is 4.34. The molecule has 23 heavy (non-hydrogen) atoms. The van der Waals surface area contributed by atoms with Gasteiger partial charge in [-0.05, 0) is 19.8 Å². The van der Waals surface area contributed by atoms with Crippen molar-refractivity contribution in [2.45, 2.75) is 25.8 Å². The number of benzene rings is 1. The molecule has 1 fully saturated rings. The Hall–Kier alpha value is -2.63. The van der Waals surface area contributed by atoms with E-state index in [1.165, 1.54) is 0 Å². The molecule has 2 heterocycles. The van der Waals surface area contributed by atoms with Crippen LogP contribution in [0.5, 0.6) is 0 Å². The molecule has 0 bridgehead atoms. The molecule has 1 saturated heterocycles. The molecule has 6 nitrogen and oxygen atoms in total. The van der Waals surface area contributed by atoms with Gasteiger partial charge in [0, 0.05) is 24.2 Å². The first-order chi connectivity index (χ1) is 11.1. The molecule has 6 heteroatoms. The van der Waals surface area contributed by atoms with Crippen molar-refractivity contribution in [1.29, 1.82) is 0 Å². The summed E-state index contributed by atoms with van der Waals surface area (Å²) in [5, 5.41) is 3.97. The Morgan fingerprint density at radius 2 is 2.00 bits per heavy atom. The van der Waals surface area contributed by atoms with E-state index < -0.39 is 0 Å². The summed E-state index contributed by atoms with van der Waals surface area (Å²) in [6.07, 6.45) is 1.46. The number of hydrogen-bond acceptors (Lipinski definition) is 4. The Morgan fingerprint density at radius 3 is 2.70 bits per heavy atom. The van der Waals surface area contributed by atoms with Crippen LogP contribution in [0.25, 0.3) is 11.3 Å². The predicted molar refractivity (Wildman–Crippen MR) is 84.4 cm³/mol. The van der Waals surface area contributed by atoms with E-state index in [-0.39, 0.29) is 29.5 Å². The average molecular weight is 313 g/mol. The molecule has 2 N–H and O–H groups in total. The molecule has 1 aromatic heterocycles. The van der Waals surface area contributed by atoms with E-state index in [0.29, 0.717) is 18.7 Å². The summed E-state index contributed by atoms with van der Waals surface area (Å²) in [7, 11) is 0. The molecule has 0 aliphatic carbocycles. The Bertz CT molecular complexity index is 711. The smallest absolute Gasteiger partial charge is 0.292 e. The Morgan fingerprint density at radius 1 is 1.26 bits per heavy atom. The predicted octanol–water partition coefficient (Wildman–Crippen LogP) is 2.07. The van der Waals surface area contributed by atoms with Crippen molar-refractivity contribution in [2.75, 3.05) is 6.54 Å². The number of likely N-dealkylation sites (tertiary alicyclic amines) is 1. The quantitative estimate of drug-likeness (QED) is 0.939. The average Bonchev–Trinajstić information content (AvgIpc) is 3.05. The van der Waals surface area contributed by atoms with E-state index >= 15 is 0 Å². The SMILES string of the molecule is C[C@@H]1CC[C@H](C(N)=O)CN1C(=O)c1cc(-c2ccccc2)no1. The molecule has 0 saturated carbocycles.